The zero-order valence-electron chi connectivity index (χ0n) is 11.0. The molecule has 0 saturated carbocycles. The number of hydrogen-bond donors (Lipinski definition) is 1. The van der Waals surface area contributed by atoms with Crippen molar-refractivity contribution in [2.75, 3.05) is 12.3 Å². The molecule has 1 atom stereocenters. The normalized spacial score (nSPS) is 20.2. The van der Waals surface area contributed by atoms with Gasteiger partial charge in [-0.15, -0.1) is 0 Å². The lowest BCUT2D eigenvalue weighted by Gasteiger charge is -2.27. The van der Waals surface area contributed by atoms with E-state index in [9.17, 15) is 13.6 Å². The van der Waals surface area contributed by atoms with Crippen molar-refractivity contribution in [3.63, 3.8) is 0 Å². The first-order valence-electron chi connectivity index (χ1n) is 6.56. The van der Waals surface area contributed by atoms with Crippen LogP contribution in [0.3, 0.4) is 0 Å². The van der Waals surface area contributed by atoms with Crippen LogP contribution in [-0.4, -0.2) is 23.4 Å². The summed E-state index contributed by atoms with van der Waals surface area (Å²) in [6.07, 6.45) is 3.89. The number of likely N-dealkylation sites (tertiary alicyclic amines) is 1. The van der Waals surface area contributed by atoms with Crippen molar-refractivity contribution in [3.8, 4) is 0 Å². The second kappa shape index (κ2) is 5.55. The summed E-state index contributed by atoms with van der Waals surface area (Å²) < 4.78 is 27.2. The Bertz CT molecular complexity index is 491. The number of rotatable bonds is 1. The second-order valence-corrected chi connectivity index (χ2v) is 5.05. The number of nitrogens with two attached hydrogens (primary N) is 1. The minimum Gasteiger partial charge on any atom is -0.396 e. The maximum atomic E-state index is 13.9. The molecule has 2 rings (SSSR count). The van der Waals surface area contributed by atoms with Crippen LogP contribution < -0.4 is 5.73 Å². The standard InChI is InChI=1S/C14H18F2N2O/c1-9-5-3-2-4-6-18(9)14(19)11-7-10(15)8-12(17)13(11)16/h7-9H,2-6,17H2,1H3. The van der Waals surface area contributed by atoms with Crippen molar-refractivity contribution in [3.05, 3.63) is 29.3 Å². The molecule has 1 unspecified atom stereocenters. The van der Waals surface area contributed by atoms with E-state index in [1.807, 2.05) is 6.92 Å². The monoisotopic (exact) mass is 268 g/mol. The number of hydrogen-bond acceptors (Lipinski definition) is 2. The van der Waals surface area contributed by atoms with Gasteiger partial charge < -0.3 is 10.6 Å². The fraction of sp³-hybridized carbons (Fsp3) is 0.500. The van der Waals surface area contributed by atoms with Gasteiger partial charge in [-0.2, -0.15) is 0 Å². The summed E-state index contributed by atoms with van der Waals surface area (Å²) in [5.74, 6) is -1.99. The highest BCUT2D eigenvalue weighted by Gasteiger charge is 2.26. The lowest BCUT2D eigenvalue weighted by atomic mass is 10.1. The summed E-state index contributed by atoms with van der Waals surface area (Å²) in [6.45, 7) is 2.51. The molecule has 1 aromatic rings. The molecule has 0 aliphatic carbocycles. The summed E-state index contributed by atoms with van der Waals surface area (Å²) in [5, 5.41) is 0. The molecule has 5 heteroatoms. The number of anilines is 1. The first kappa shape index (κ1) is 13.8. The van der Waals surface area contributed by atoms with E-state index in [2.05, 4.69) is 0 Å². The van der Waals surface area contributed by atoms with Gasteiger partial charge >= 0.3 is 0 Å². The molecule has 0 aromatic heterocycles. The van der Waals surface area contributed by atoms with E-state index in [0.717, 1.165) is 37.8 Å². The van der Waals surface area contributed by atoms with E-state index < -0.39 is 17.5 Å². The van der Waals surface area contributed by atoms with Crippen LogP contribution in [0, 0.1) is 11.6 Å². The molecule has 1 aromatic carbocycles. The average Bonchev–Trinajstić information content (AvgIpc) is 2.57. The lowest BCUT2D eigenvalue weighted by Crippen LogP contribution is -2.38. The number of carbonyl (C=O) groups is 1. The van der Waals surface area contributed by atoms with Crippen molar-refractivity contribution in [2.24, 2.45) is 0 Å². The minimum atomic E-state index is -0.831. The van der Waals surface area contributed by atoms with Crippen LogP contribution in [0.2, 0.25) is 0 Å². The molecule has 1 amide bonds. The molecule has 1 heterocycles. The van der Waals surface area contributed by atoms with Crippen molar-refractivity contribution in [2.45, 2.75) is 38.6 Å². The molecule has 0 radical (unpaired) electrons. The van der Waals surface area contributed by atoms with Crippen molar-refractivity contribution in [1.82, 2.24) is 4.90 Å². The number of nitrogen functional groups attached to an aromatic ring is 1. The third kappa shape index (κ3) is 2.85. The topological polar surface area (TPSA) is 46.3 Å². The van der Waals surface area contributed by atoms with Gasteiger partial charge in [0.05, 0.1) is 11.3 Å². The Labute approximate surface area is 111 Å². The number of nitrogens with zero attached hydrogens (tertiary/aromatic N) is 1. The van der Waals surface area contributed by atoms with Gasteiger partial charge in [0, 0.05) is 12.6 Å². The predicted octanol–water partition coefficient (Wildman–Crippen LogP) is 2.95. The summed E-state index contributed by atoms with van der Waals surface area (Å²) in [7, 11) is 0. The first-order chi connectivity index (χ1) is 9.00. The molecule has 19 heavy (non-hydrogen) atoms. The molecule has 1 aliphatic rings. The Balaban J connectivity index is 2.32. The molecule has 0 bridgehead atoms. The molecular weight excluding hydrogens is 250 g/mol. The van der Waals surface area contributed by atoms with Crippen LogP contribution >= 0.6 is 0 Å². The third-order valence-electron chi connectivity index (χ3n) is 3.61. The van der Waals surface area contributed by atoms with Gasteiger partial charge in [-0.05, 0) is 31.9 Å². The third-order valence-corrected chi connectivity index (χ3v) is 3.61. The van der Waals surface area contributed by atoms with Crippen LogP contribution in [-0.2, 0) is 0 Å². The van der Waals surface area contributed by atoms with E-state index in [1.54, 1.807) is 4.90 Å². The number of amides is 1. The Morgan fingerprint density at radius 1 is 1.32 bits per heavy atom. The van der Waals surface area contributed by atoms with Gasteiger partial charge in [0.25, 0.3) is 5.91 Å². The summed E-state index contributed by atoms with van der Waals surface area (Å²) in [5.41, 5.74) is 4.77. The molecule has 3 nitrogen and oxygen atoms in total. The predicted molar refractivity (Wildman–Crippen MR) is 69.7 cm³/mol. The number of carbonyl (C=O) groups excluding carboxylic acids is 1. The van der Waals surface area contributed by atoms with E-state index in [1.165, 1.54) is 0 Å². The summed E-state index contributed by atoms with van der Waals surface area (Å²) in [6, 6.07) is 1.85. The van der Waals surface area contributed by atoms with E-state index in [4.69, 9.17) is 5.73 Å². The molecule has 1 fully saturated rings. The zero-order valence-corrected chi connectivity index (χ0v) is 11.0. The fourth-order valence-corrected chi connectivity index (χ4v) is 2.50. The summed E-state index contributed by atoms with van der Waals surface area (Å²) in [4.78, 5) is 14.0. The highest BCUT2D eigenvalue weighted by atomic mass is 19.1. The molecule has 1 aliphatic heterocycles. The molecular formula is C14H18F2N2O. The van der Waals surface area contributed by atoms with Crippen LogP contribution in [0.5, 0.6) is 0 Å². The Morgan fingerprint density at radius 3 is 2.79 bits per heavy atom. The van der Waals surface area contributed by atoms with Crippen molar-refractivity contribution >= 4 is 11.6 Å². The van der Waals surface area contributed by atoms with Crippen LogP contribution in [0.4, 0.5) is 14.5 Å². The molecule has 0 spiro atoms. The first-order valence-corrected chi connectivity index (χ1v) is 6.56. The number of benzene rings is 1. The quantitative estimate of drug-likeness (QED) is 0.796. The SMILES string of the molecule is CC1CCCCCN1C(=O)c1cc(F)cc(N)c1F. The maximum absolute atomic E-state index is 13.9. The molecule has 104 valence electrons. The van der Waals surface area contributed by atoms with Crippen LogP contribution in [0.1, 0.15) is 43.0 Å². The zero-order chi connectivity index (χ0) is 14.0. The molecule has 2 N–H and O–H groups in total. The van der Waals surface area contributed by atoms with Crippen LogP contribution in [0.25, 0.3) is 0 Å². The van der Waals surface area contributed by atoms with Gasteiger partial charge in [0.2, 0.25) is 0 Å². The Morgan fingerprint density at radius 2 is 2.05 bits per heavy atom. The van der Waals surface area contributed by atoms with E-state index in [-0.39, 0.29) is 17.3 Å². The minimum absolute atomic E-state index is 0.0406. The smallest absolute Gasteiger partial charge is 0.257 e. The van der Waals surface area contributed by atoms with Gasteiger partial charge in [-0.1, -0.05) is 12.8 Å². The van der Waals surface area contributed by atoms with Crippen LogP contribution in [0.15, 0.2) is 12.1 Å². The van der Waals surface area contributed by atoms with Gasteiger partial charge in [0.15, 0.2) is 5.82 Å². The van der Waals surface area contributed by atoms with Gasteiger partial charge in [-0.3, -0.25) is 4.79 Å². The van der Waals surface area contributed by atoms with Gasteiger partial charge in [-0.25, -0.2) is 8.78 Å². The Kier molecular flexibility index (Phi) is 4.02. The number of halogens is 2. The fourth-order valence-electron chi connectivity index (χ4n) is 2.50. The lowest BCUT2D eigenvalue weighted by molar-refractivity contribution is 0.0692. The highest BCUT2D eigenvalue weighted by molar-refractivity contribution is 5.95. The van der Waals surface area contributed by atoms with Crippen molar-refractivity contribution in [1.29, 1.82) is 0 Å². The largest absolute Gasteiger partial charge is 0.396 e. The second-order valence-electron chi connectivity index (χ2n) is 5.05. The van der Waals surface area contributed by atoms with Crippen molar-refractivity contribution < 1.29 is 13.6 Å². The summed E-state index contributed by atoms with van der Waals surface area (Å²) >= 11 is 0. The van der Waals surface area contributed by atoms with Gasteiger partial charge in [0.1, 0.15) is 5.82 Å². The van der Waals surface area contributed by atoms with E-state index in [0.29, 0.717) is 6.54 Å². The molecule has 1 saturated heterocycles. The van der Waals surface area contributed by atoms with E-state index >= 15 is 0 Å². The average molecular weight is 268 g/mol. The Hall–Kier alpha value is -1.65. The maximum Gasteiger partial charge on any atom is 0.257 e. The highest BCUT2D eigenvalue weighted by Crippen LogP contribution is 2.23.